The Morgan fingerprint density at radius 1 is 0.509 bits per heavy atom. The first-order valence-corrected chi connectivity index (χ1v) is 24.7. The highest BCUT2D eigenvalue weighted by Crippen LogP contribution is 2.43. The third kappa shape index (κ3) is 42.3. The van der Waals surface area contributed by atoms with Crippen LogP contribution in [0.1, 0.15) is 181 Å². The van der Waals surface area contributed by atoms with E-state index in [1.807, 2.05) is 0 Å². The van der Waals surface area contributed by atoms with Gasteiger partial charge >= 0.3 is 27.6 Å². The highest BCUT2D eigenvalue weighted by molar-refractivity contribution is 7.47. The summed E-state index contributed by atoms with van der Waals surface area (Å²) < 4.78 is 47.7. The minimum atomic E-state index is -4.86. The number of aliphatic hydroxyl groups excluding tert-OH is 1. The van der Waals surface area contributed by atoms with Gasteiger partial charge in [0.2, 0.25) is 0 Å². The number of carbonyl (C=O) groups excluding carboxylic acids is 2. The van der Waals surface area contributed by atoms with E-state index >= 15 is 0 Å². The Bertz CT molecular complexity index is 1150. The van der Waals surface area contributed by atoms with Gasteiger partial charge in [-0.25, -0.2) is 9.13 Å². The molecule has 3 atom stereocenters. The molecule has 0 rings (SSSR count). The molecule has 15 heteroatoms. The third-order valence-electron chi connectivity index (χ3n) is 9.02. The van der Waals surface area contributed by atoms with Gasteiger partial charge in [-0.1, -0.05) is 153 Å². The highest BCUT2D eigenvalue weighted by atomic mass is 31.2. The van der Waals surface area contributed by atoms with Crippen molar-refractivity contribution >= 4 is 27.6 Å². The number of phosphoric acid groups is 2. The van der Waals surface area contributed by atoms with Crippen LogP contribution in [-0.4, -0.2) is 70.4 Å². The SMILES string of the molecule is CCCCC/C=C\C/C=C\C/C=C\CCCCC(=O)OC[C@H](COP(=O)(O)OC[C@@H](O)COP(=O)(O)O)OC(=O)CCCCCCCCCCCCCCCCC. The van der Waals surface area contributed by atoms with Gasteiger partial charge in [0.25, 0.3) is 0 Å². The highest BCUT2D eigenvalue weighted by Gasteiger charge is 2.28. The Hall–Kier alpha value is -1.66. The number of unbranched alkanes of at least 4 members (excludes halogenated alkanes) is 19. The van der Waals surface area contributed by atoms with Crippen LogP contribution in [0.4, 0.5) is 0 Å². The number of esters is 2. The van der Waals surface area contributed by atoms with E-state index in [2.05, 4.69) is 59.4 Å². The van der Waals surface area contributed by atoms with E-state index in [4.69, 9.17) is 23.8 Å². The molecule has 0 aliphatic heterocycles. The zero-order valence-corrected chi connectivity index (χ0v) is 37.0. The second-order valence-corrected chi connectivity index (χ2v) is 17.3. The van der Waals surface area contributed by atoms with Crippen molar-refractivity contribution < 1.29 is 61.6 Å². The minimum absolute atomic E-state index is 0.126. The van der Waals surface area contributed by atoms with Gasteiger partial charge in [0, 0.05) is 12.8 Å². The Balaban J connectivity index is 4.57. The summed E-state index contributed by atoms with van der Waals surface area (Å²) in [5.41, 5.74) is 0. The van der Waals surface area contributed by atoms with Crippen molar-refractivity contribution in [3.63, 3.8) is 0 Å². The number of phosphoric ester groups is 2. The average molecular weight is 853 g/mol. The van der Waals surface area contributed by atoms with Crippen LogP contribution in [0.5, 0.6) is 0 Å². The van der Waals surface area contributed by atoms with E-state index < -0.39 is 66.2 Å². The Morgan fingerprint density at radius 2 is 0.912 bits per heavy atom. The molecule has 4 N–H and O–H groups in total. The first-order chi connectivity index (χ1) is 27.4. The second-order valence-electron chi connectivity index (χ2n) is 14.6. The number of hydrogen-bond acceptors (Lipinski definition) is 10. The van der Waals surface area contributed by atoms with Crippen molar-refractivity contribution in [3.05, 3.63) is 36.5 Å². The van der Waals surface area contributed by atoms with Gasteiger partial charge in [-0.15, -0.1) is 0 Å². The predicted molar refractivity (Wildman–Crippen MR) is 225 cm³/mol. The minimum Gasteiger partial charge on any atom is -0.462 e. The molecule has 0 bridgehead atoms. The van der Waals surface area contributed by atoms with Crippen molar-refractivity contribution in [2.45, 2.75) is 193 Å². The van der Waals surface area contributed by atoms with Crippen LogP contribution in [0.2, 0.25) is 0 Å². The van der Waals surface area contributed by atoms with Crippen molar-refractivity contribution in [1.29, 1.82) is 0 Å². The molecule has 0 aliphatic rings. The number of rotatable bonds is 41. The Labute approximate surface area is 344 Å². The van der Waals surface area contributed by atoms with Crippen LogP contribution in [0, 0.1) is 0 Å². The van der Waals surface area contributed by atoms with E-state index in [1.165, 1.54) is 89.9 Å². The van der Waals surface area contributed by atoms with Crippen LogP contribution < -0.4 is 0 Å². The lowest BCUT2D eigenvalue weighted by Crippen LogP contribution is -2.30. The molecule has 0 saturated heterocycles. The normalized spacial score (nSPS) is 14.4. The molecular weight excluding hydrogens is 774 g/mol. The van der Waals surface area contributed by atoms with Gasteiger partial charge in [-0.2, -0.15) is 0 Å². The first kappa shape index (κ1) is 55.3. The fourth-order valence-corrected chi connectivity index (χ4v) is 6.86. The predicted octanol–water partition coefficient (Wildman–Crippen LogP) is 10.9. The third-order valence-corrected chi connectivity index (χ3v) is 10.5. The molecule has 334 valence electrons. The molecule has 0 radical (unpaired) electrons. The lowest BCUT2D eigenvalue weighted by Gasteiger charge is -2.20. The van der Waals surface area contributed by atoms with Crippen molar-refractivity contribution in [2.75, 3.05) is 26.4 Å². The maximum atomic E-state index is 12.6. The van der Waals surface area contributed by atoms with Crippen LogP contribution in [-0.2, 0) is 41.8 Å². The van der Waals surface area contributed by atoms with Crippen LogP contribution in [0.25, 0.3) is 0 Å². The molecule has 1 unspecified atom stereocenters. The van der Waals surface area contributed by atoms with Crippen LogP contribution >= 0.6 is 15.6 Å². The summed E-state index contributed by atoms with van der Waals surface area (Å²) in [6.07, 6.45) is 37.1. The summed E-state index contributed by atoms with van der Waals surface area (Å²) in [5, 5.41) is 9.74. The van der Waals surface area contributed by atoms with Crippen molar-refractivity contribution in [3.8, 4) is 0 Å². The fourth-order valence-electron chi connectivity index (χ4n) is 5.71. The zero-order chi connectivity index (χ0) is 42.3. The van der Waals surface area contributed by atoms with E-state index in [9.17, 15) is 28.7 Å². The molecule has 0 heterocycles. The summed E-state index contributed by atoms with van der Waals surface area (Å²) in [6.45, 7) is 1.70. The summed E-state index contributed by atoms with van der Waals surface area (Å²) in [4.78, 5) is 52.6. The van der Waals surface area contributed by atoms with E-state index in [1.54, 1.807) is 0 Å². The largest absolute Gasteiger partial charge is 0.472 e. The van der Waals surface area contributed by atoms with Crippen molar-refractivity contribution in [1.82, 2.24) is 0 Å². The smallest absolute Gasteiger partial charge is 0.462 e. The quantitative estimate of drug-likeness (QED) is 0.0196. The van der Waals surface area contributed by atoms with Gasteiger partial charge < -0.3 is 29.3 Å². The average Bonchev–Trinajstić information content (AvgIpc) is 3.17. The maximum Gasteiger partial charge on any atom is 0.472 e. The molecule has 0 aromatic carbocycles. The van der Waals surface area contributed by atoms with Gasteiger partial charge in [-0.3, -0.25) is 23.2 Å². The summed E-state index contributed by atoms with van der Waals surface area (Å²) in [5.74, 6) is -1.07. The number of hydrogen-bond donors (Lipinski definition) is 4. The lowest BCUT2D eigenvalue weighted by atomic mass is 10.0. The van der Waals surface area contributed by atoms with Crippen LogP contribution in [0.15, 0.2) is 36.5 Å². The summed E-state index contributed by atoms with van der Waals surface area (Å²) in [6, 6.07) is 0. The molecule has 0 fully saturated rings. The number of allylic oxidation sites excluding steroid dienone is 6. The topological polar surface area (TPSA) is 195 Å². The lowest BCUT2D eigenvalue weighted by molar-refractivity contribution is -0.161. The van der Waals surface area contributed by atoms with Crippen LogP contribution in [0.3, 0.4) is 0 Å². The molecule has 0 spiro atoms. The summed E-state index contributed by atoms with van der Waals surface area (Å²) >= 11 is 0. The molecule has 0 aliphatic carbocycles. The maximum absolute atomic E-state index is 12.6. The van der Waals surface area contributed by atoms with Gasteiger partial charge in [0.05, 0.1) is 19.8 Å². The van der Waals surface area contributed by atoms with E-state index in [0.717, 1.165) is 51.4 Å². The molecule has 57 heavy (non-hydrogen) atoms. The molecule has 0 aromatic heterocycles. The van der Waals surface area contributed by atoms with Gasteiger partial charge in [0.1, 0.15) is 12.7 Å². The first-order valence-electron chi connectivity index (χ1n) is 21.7. The zero-order valence-electron chi connectivity index (χ0n) is 35.2. The molecule has 0 saturated carbocycles. The molecule has 0 aromatic rings. The van der Waals surface area contributed by atoms with E-state index in [0.29, 0.717) is 12.8 Å². The number of carbonyl (C=O) groups is 2. The van der Waals surface area contributed by atoms with E-state index in [-0.39, 0.29) is 12.8 Å². The molecule has 0 amide bonds. The number of ether oxygens (including phenoxy) is 2. The Morgan fingerprint density at radius 3 is 1.44 bits per heavy atom. The van der Waals surface area contributed by atoms with Gasteiger partial charge in [-0.05, 0) is 51.4 Å². The molecule has 13 nitrogen and oxygen atoms in total. The second kappa shape index (κ2) is 38.5. The molecular formula is C42H78O13P2. The summed E-state index contributed by atoms with van der Waals surface area (Å²) in [7, 11) is -9.67. The fraction of sp³-hybridized carbons (Fsp3) is 0.810. The van der Waals surface area contributed by atoms with Crippen molar-refractivity contribution in [2.24, 2.45) is 0 Å². The number of aliphatic hydroxyl groups is 1. The monoisotopic (exact) mass is 852 g/mol. The van der Waals surface area contributed by atoms with Gasteiger partial charge in [0.15, 0.2) is 6.10 Å². The standard InChI is InChI=1S/C42H78O13P2/c1-3-5-7-9-11-13-15-17-19-21-23-25-27-29-31-33-41(44)51-37-40(38-54-57(49,50)53-36-39(43)35-52-56(46,47)48)55-42(45)34-32-30-28-26-24-22-20-18-16-14-12-10-8-6-4-2/h11,13,17,19,23,25,39-40,43H,3-10,12,14-16,18,20-22,24,26-38H2,1-2H3,(H,49,50)(H2,46,47,48)/b13-11-,19-17-,25-23-/t39-,40+/m0/s1. The Kier molecular flexibility index (Phi) is 37.4.